The zero-order valence-corrected chi connectivity index (χ0v) is 77.6. The van der Waals surface area contributed by atoms with E-state index < -0.39 is 0 Å². The normalized spacial score (nSPS) is 11.7. The van der Waals surface area contributed by atoms with Crippen molar-refractivity contribution in [3.63, 3.8) is 0 Å². The molecule has 126 heavy (non-hydrogen) atoms. The first kappa shape index (κ1) is 86.4. The Bertz CT molecular complexity index is 6220. The third-order valence-corrected chi connectivity index (χ3v) is 23.6. The number of hydrogen-bond donors (Lipinski definition) is 0. The van der Waals surface area contributed by atoms with Gasteiger partial charge in [0.1, 0.15) is 0 Å². The maximum Gasteiger partial charge on any atom is 3.00 e. The first-order chi connectivity index (χ1) is 59.9. The molecular formula is C118H94Ir2N6. The van der Waals surface area contributed by atoms with Crippen molar-refractivity contribution < 1.29 is 40.2 Å². The molecule has 0 radical (unpaired) electrons. The van der Waals surface area contributed by atoms with Gasteiger partial charge in [-0.15, -0.1) is 131 Å². The maximum absolute atomic E-state index is 5.15. The summed E-state index contributed by atoms with van der Waals surface area (Å²) >= 11 is 0. The van der Waals surface area contributed by atoms with Gasteiger partial charge in [0.15, 0.2) is 0 Å². The summed E-state index contributed by atoms with van der Waals surface area (Å²) in [7, 11) is 0. The van der Waals surface area contributed by atoms with E-state index in [1.165, 1.54) is 22.3 Å². The molecule has 614 valence electrons. The molecule has 0 saturated carbocycles. The smallest absolute Gasteiger partial charge is 0.357 e. The molecule has 0 aliphatic heterocycles. The second kappa shape index (κ2) is 36.2. The Morgan fingerprint density at radius 2 is 0.365 bits per heavy atom. The van der Waals surface area contributed by atoms with E-state index in [0.29, 0.717) is 11.4 Å². The standard InChI is InChI=1S/C118H94N6.2Ir/c1-115(2,3)93-57-61-119-111(71-93)81-45-37-77(38-46-81)97-25-13-19-31-103(97)87-65-88(104-32-20-14-26-98(104)78-39-47-82(48-40-78)112-72-94(58-62-120-112)116(4,5)6)68-91(67-87)107-35-23-17-29-101(107)85-53-55-109(123-75-85)110-56-54-86(76-124-110)102-30-18-24-36-108(102)92-69-89(105-33-21-15-27-99(105)79-41-49-83(50-42-79)113-73-95(59-63-121-113)117(7,8)9)66-90(70-92)106-34-22-16-28-100(106)80-43-51-84(52-44-80)114-74-96(60-64-122-114)118(10,11)12;;/h13-45,47,49,51,53-54,57-76H,1-12H3;;/q-6;2*+3. The number of aromatic nitrogens is 6. The van der Waals surface area contributed by atoms with Crippen LogP contribution in [0.5, 0.6) is 0 Å². The van der Waals surface area contributed by atoms with Crippen molar-refractivity contribution >= 4 is 0 Å². The summed E-state index contributed by atoms with van der Waals surface area (Å²) in [6.45, 7) is 26.8. The molecule has 0 fully saturated rings. The van der Waals surface area contributed by atoms with Crippen molar-refractivity contribution in [1.82, 2.24) is 29.9 Å². The van der Waals surface area contributed by atoms with E-state index in [0.717, 1.165) is 179 Å². The second-order valence-electron chi connectivity index (χ2n) is 36.3. The monoisotopic (exact) mass is 1980 g/mol. The fourth-order valence-corrected chi connectivity index (χ4v) is 16.6. The molecule has 0 bridgehead atoms. The molecule has 12 aromatic carbocycles. The van der Waals surface area contributed by atoms with Crippen molar-refractivity contribution in [2.75, 3.05) is 0 Å². The van der Waals surface area contributed by atoms with Crippen LogP contribution in [0.2, 0.25) is 0 Å². The third kappa shape index (κ3) is 18.5. The van der Waals surface area contributed by atoms with Gasteiger partial charge in [0.2, 0.25) is 0 Å². The fourth-order valence-electron chi connectivity index (χ4n) is 16.6. The van der Waals surface area contributed by atoms with Gasteiger partial charge in [0, 0.05) is 24.8 Å². The van der Waals surface area contributed by atoms with Crippen LogP contribution in [0.25, 0.3) is 190 Å². The summed E-state index contributed by atoms with van der Waals surface area (Å²) in [5.41, 5.74) is 38.7. The predicted molar refractivity (Wildman–Crippen MR) is 513 cm³/mol. The van der Waals surface area contributed by atoms with Gasteiger partial charge in [0.25, 0.3) is 0 Å². The molecule has 0 unspecified atom stereocenters. The molecule has 0 spiro atoms. The second-order valence-corrected chi connectivity index (χ2v) is 36.3. The quantitative estimate of drug-likeness (QED) is 0.0846. The molecule has 6 heterocycles. The minimum absolute atomic E-state index is 0. The van der Waals surface area contributed by atoms with Crippen LogP contribution in [-0.2, 0) is 61.9 Å². The van der Waals surface area contributed by atoms with Crippen molar-refractivity contribution in [2.24, 2.45) is 0 Å². The van der Waals surface area contributed by atoms with Crippen LogP contribution in [-0.4, -0.2) is 29.9 Å². The molecule has 0 aliphatic carbocycles. The van der Waals surface area contributed by atoms with E-state index in [1.54, 1.807) is 0 Å². The fraction of sp³-hybridized carbons (Fsp3) is 0.136. The molecule has 6 aromatic heterocycles. The number of pyridine rings is 6. The molecule has 0 N–H and O–H groups in total. The van der Waals surface area contributed by atoms with E-state index in [1.807, 2.05) is 49.3 Å². The van der Waals surface area contributed by atoms with Gasteiger partial charge >= 0.3 is 40.2 Å². The minimum Gasteiger partial charge on any atom is -0.357 e. The molecule has 18 rings (SSSR count). The minimum atomic E-state index is -0.0188. The van der Waals surface area contributed by atoms with E-state index >= 15 is 0 Å². The molecule has 0 aliphatic rings. The summed E-state index contributed by atoms with van der Waals surface area (Å²) < 4.78 is 0. The zero-order valence-electron chi connectivity index (χ0n) is 72.8. The summed E-state index contributed by atoms with van der Waals surface area (Å²) in [6, 6.07) is 135. The number of rotatable bonds is 17. The topological polar surface area (TPSA) is 77.3 Å². The van der Waals surface area contributed by atoms with Gasteiger partial charge in [-0.1, -0.05) is 320 Å². The predicted octanol–water partition coefficient (Wildman–Crippen LogP) is 30.4. The average Bonchev–Trinajstić information content (AvgIpc) is 0.768. The van der Waals surface area contributed by atoms with Crippen LogP contribution in [0.4, 0.5) is 0 Å². The van der Waals surface area contributed by atoms with Crippen molar-refractivity contribution in [1.29, 1.82) is 0 Å². The Labute approximate surface area is 770 Å². The number of hydrogen-bond acceptors (Lipinski definition) is 6. The van der Waals surface area contributed by atoms with Crippen molar-refractivity contribution in [3.05, 3.63) is 411 Å². The summed E-state index contributed by atoms with van der Waals surface area (Å²) in [6.07, 6.45) is 11.5. The average molecular weight is 1980 g/mol. The molecule has 6 nitrogen and oxygen atoms in total. The Morgan fingerprint density at radius 1 is 0.183 bits per heavy atom. The third-order valence-electron chi connectivity index (χ3n) is 23.6. The first-order valence-electron chi connectivity index (χ1n) is 42.6. The van der Waals surface area contributed by atoms with E-state index in [4.69, 9.17) is 29.9 Å². The van der Waals surface area contributed by atoms with Gasteiger partial charge in [-0.05, 0) is 207 Å². The molecule has 0 atom stereocenters. The van der Waals surface area contributed by atoms with Crippen LogP contribution in [0.1, 0.15) is 105 Å². The van der Waals surface area contributed by atoms with Gasteiger partial charge < -0.3 is 29.9 Å². The van der Waals surface area contributed by atoms with E-state index in [2.05, 4.69) is 423 Å². The summed E-state index contributed by atoms with van der Waals surface area (Å²) in [5, 5.41) is 0. The van der Waals surface area contributed by atoms with Gasteiger partial charge in [0.05, 0.1) is 0 Å². The van der Waals surface area contributed by atoms with Crippen LogP contribution in [0, 0.1) is 36.4 Å². The molecular weight excluding hydrogens is 1890 g/mol. The maximum atomic E-state index is 5.15. The van der Waals surface area contributed by atoms with E-state index in [-0.39, 0.29) is 61.9 Å². The molecule has 18 aromatic rings. The van der Waals surface area contributed by atoms with Gasteiger partial charge in [-0.25, -0.2) is 12.1 Å². The SMILES string of the molecule is CC(C)(C)c1ccnc(-c2[c-]cc(-c3ccccc3-c3cc(-c4ccccc4-c4c[c-]c(-c5cc(C(C)(C)C)ccn5)cc4)cc(-c4ccccc4-c4c[c-]c(-c5[c-]cc(-c6ccccc6-c6cc(-c7ccccc7-c7c[c-]c(-c8cc(C(C)(C)C)ccn8)cc7)cc(-c7ccccc7-c7c[c-]c(-c8cc(C(C)(C)C)ccn8)cc7)c6)cn5)nc4)c3)cc2)c1.[Ir+3].[Ir+3]. The summed E-state index contributed by atoms with van der Waals surface area (Å²) in [4.78, 5) is 29.5. The van der Waals surface area contributed by atoms with Crippen LogP contribution in [0.3, 0.4) is 0 Å². The van der Waals surface area contributed by atoms with Crippen LogP contribution < -0.4 is 0 Å². The van der Waals surface area contributed by atoms with Crippen LogP contribution in [0.15, 0.2) is 353 Å². The van der Waals surface area contributed by atoms with Gasteiger partial charge in [-0.2, -0.15) is 12.1 Å². The number of nitrogens with zero attached hydrogens (tertiary/aromatic N) is 6. The van der Waals surface area contributed by atoms with E-state index in [9.17, 15) is 0 Å². The molecule has 0 amide bonds. The molecule has 0 saturated heterocycles. The Balaban J connectivity index is 0.00000585. The first-order valence-corrected chi connectivity index (χ1v) is 42.6. The van der Waals surface area contributed by atoms with Crippen molar-refractivity contribution in [3.8, 4) is 190 Å². The molecule has 8 heteroatoms. The largest absolute Gasteiger partial charge is 3.00 e. The zero-order chi connectivity index (χ0) is 85.4. The summed E-state index contributed by atoms with van der Waals surface area (Å²) in [5.74, 6) is 0. The Kier molecular flexibility index (Phi) is 24.8. The van der Waals surface area contributed by atoms with Crippen LogP contribution >= 0.6 is 0 Å². The van der Waals surface area contributed by atoms with Gasteiger partial charge in [-0.3, -0.25) is 0 Å². The number of benzene rings is 12. The van der Waals surface area contributed by atoms with Crippen molar-refractivity contribution in [2.45, 2.75) is 105 Å². The Morgan fingerprint density at radius 3 is 0.532 bits per heavy atom. The Hall–Kier alpha value is -13.2.